The van der Waals surface area contributed by atoms with Gasteiger partial charge in [-0.05, 0) is 61.7 Å². The van der Waals surface area contributed by atoms with Gasteiger partial charge in [0.1, 0.15) is 0 Å². The van der Waals surface area contributed by atoms with Gasteiger partial charge in [0, 0.05) is 18.5 Å². The number of rotatable bonds is 3. The van der Waals surface area contributed by atoms with Crippen LogP contribution in [0.25, 0.3) is 0 Å². The molecular weight excluding hydrogens is 256 g/mol. The van der Waals surface area contributed by atoms with Gasteiger partial charge in [-0.1, -0.05) is 37.1 Å². The monoisotopic (exact) mass is 284 g/mol. The molecule has 0 spiro atoms. The van der Waals surface area contributed by atoms with Gasteiger partial charge in [-0.3, -0.25) is 0 Å². The normalized spacial score (nSPS) is 34.2. The second-order valence-electron chi connectivity index (χ2n) is 7.56. The van der Waals surface area contributed by atoms with Crippen LogP contribution in [-0.4, -0.2) is 31.1 Å². The summed E-state index contributed by atoms with van der Waals surface area (Å²) in [5, 5.41) is 0. The highest BCUT2D eigenvalue weighted by atomic mass is 15.1. The maximum atomic E-state index is 6.12. The van der Waals surface area contributed by atoms with Gasteiger partial charge in [-0.15, -0.1) is 0 Å². The Labute approximate surface area is 128 Å². The maximum Gasteiger partial charge on any atom is 0.00755 e. The van der Waals surface area contributed by atoms with Crippen molar-refractivity contribution >= 4 is 0 Å². The van der Waals surface area contributed by atoms with Gasteiger partial charge < -0.3 is 10.6 Å². The van der Waals surface area contributed by atoms with Gasteiger partial charge in [0.2, 0.25) is 0 Å². The third kappa shape index (κ3) is 2.33. The summed E-state index contributed by atoms with van der Waals surface area (Å²) in [4.78, 5) is 2.65. The lowest BCUT2D eigenvalue weighted by Crippen LogP contribution is -2.46. The molecule has 1 aromatic carbocycles. The van der Waals surface area contributed by atoms with Crippen molar-refractivity contribution in [2.45, 2.75) is 49.9 Å². The van der Waals surface area contributed by atoms with Crippen LogP contribution in [0.2, 0.25) is 0 Å². The van der Waals surface area contributed by atoms with E-state index in [0.29, 0.717) is 0 Å². The standard InChI is InChI=1S/C19H28N2/c20-14-19(9-1-2-10-19)17-5-3-15(4-6-17)18-13-21-11-7-16(18)8-12-21/h3-6,16,18H,1-2,7-14,20H2. The zero-order chi connectivity index (χ0) is 14.3. The predicted octanol–water partition coefficient (Wildman–Crippen LogP) is 3.27. The van der Waals surface area contributed by atoms with Crippen LogP contribution >= 0.6 is 0 Å². The van der Waals surface area contributed by atoms with E-state index in [0.717, 1.165) is 18.4 Å². The van der Waals surface area contributed by atoms with Crippen LogP contribution in [0.5, 0.6) is 0 Å². The fraction of sp³-hybridized carbons (Fsp3) is 0.684. The minimum absolute atomic E-state index is 0.285. The van der Waals surface area contributed by atoms with E-state index in [2.05, 4.69) is 29.2 Å². The first-order valence-electron chi connectivity index (χ1n) is 8.84. The Morgan fingerprint density at radius 3 is 2.24 bits per heavy atom. The molecule has 2 bridgehead atoms. The maximum absolute atomic E-state index is 6.12. The van der Waals surface area contributed by atoms with E-state index in [4.69, 9.17) is 5.73 Å². The van der Waals surface area contributed by atoms with E-state index in [9.17, 15) is 0 Å². The Kier molecular flexibility index (Phi) is 3.55. The quantitative estimate of drug-likeness (QED) is 0.923. The highest BCUT2D eigenvalue weighted by molar-refractivity contribution is 5.33. The Balaban J connectivity index is 1.56. The highest BCUT2D eigenvalue weighted by Gasteiger charge is 2.36. The van der Waals surface area contributed by atoms with E-state index in [1.165, 1.54) is 63.7 Å². The SMILES string of the molecule is NCC1(c2ccc(C3CN4CCC3CC4)cc2)CCCC1. The summed E-state index contributed by atoms with van der Waals surface area (Å²) in [6.07, 6.45) is 8.06. The van der Waals surface area contributed by atoms with Gasteiger partial charge in [0.25, 0.3) is 0 Å². The molecule has 21 heavy (non-hydrogen) atoms. The van der Waals surface area contributed by atoms with Crippen molar-refractivity contribution in [1.29, 1.82) is 0 Å². The van der Waals surface area contributed by atoms with Crippen molar-refractivity contribution in [3.8, 4) is 0 Å². The molecule has 1 saturated carbocycles. The van der Waals surface area contributed by atoms with Gasteiger partial charge in [0.05, 0.1) is 0 Å². The average Bonchev–Trinajstić information content (AvgIpc) is 3.06. The molecule has 4 fully saturated rings. The van der Waals surface area contributed by atoms with Crippen molar-refractivity contribution in [2.24, 2.45) is 11.7 Å². The van der Waals surface area contributed by atoms with Crippen molar-refractivity contribution in [3.63, 3.8) is 0 Å². The van der Waals surface area contributed by atoms with E-state index in [-0.39, 0.29) is 5.41 Å². The van der Waals surface area contributed by atoms with Crippen LogP contribution in [0.3, 0.4) is 0 Å². The molecule has 114 valence electrons. The van der Waals surface area contributed by atoms with E-state index < -0.39 is 0 Å². The number of fused-ring (bicyclic) bond motifs is 3. The Bertz CT molecular complexity index is 479. The summed E-state index contributed by atoms with van der Waals surface area (Å²) in [7, 11) is 0. The van der Waals surface area contributed by atoms with Crippen molar-refractivity contribution in [3.05, 3.63) is 35.4 Å². The van der Waals surface area contributed by atoms with Gasteiger partial charge in [-0.25, -0.2) is 0 Å². The number of piperidine rings is 3. The molecular formula is C19H28N2. The Hall–Kier alpha value is -0.860. The first-order chi connectivity index (χ1) is 10.3. The van der Waals surface area contributed by atoms with Crippen LogP contribution in [-0.2, 0) is 5.41 Å². The van der Waals surface area contributed by atoms with Gasteiger partial charge >= 0.3 is 0 Å². The zero-order valence-electron chi connectivity index (χ0n) is 13.1. The van der Waals surface area contributed by atoms with Crippen LogP contribution in [0, 0.1) is 5.92 Å². The molecule has 5 rings (SSSR count). The summed E-state index contributed by atoms with van der Waals surface area (Å²) in [6, 6.07) is 9.62. The molecule has 0 aromatic heterocycles. The minimum Gasteiger partial charge on any atom is -0.330 e. The largest absolute Gasteiger partial charge is 0.330 e. The smallest absolute Gasteiger partial charge is 0.00755 e. The zero-order valence-corrected chi connectivity index (χ0v) is 13.1. The van der Waals surface area contributed by atoms with E-state index in [1.807, 2.05) is 0 Å². The molecule has 2 nitrogen and oxygen atoms in total. The molecule has 2 heteroatoms. The molecule has 3 aliphatic heterocycles. The van der Waals surface area contributed by atoms with E-state index >= 15 is 0 Å². The first-order valence-corrected chi connectivity index (χ1v) is 8.84. The third-order valence-electron chi connectivity index (χ3n) is 6.56. The van der Waals surface area contributed by atoms with Crippen LogP contribution in [0.15, 0.2) is 24.3 Å². The van der Waals surface area contributed by atoms with Crippen molar-refractivity contribution in [2.75, 3.05) is 26.2 Å². The average molecular weight is 284 g/mol. The van der Waals surface area contributed by atoms with Gasteiger partial charge in [-0.2, -0.15) is 0 Å². The van der Waals surface area contributed by atoms with Gasteiger partial charge in [0.15, 0.2) is 0 Å². The second kappa shape index (κ2) is 5.40. The summed E-state index contributed by atoms with van der Waals surface area (Å²) < 4.78 is 0. The summed E-state index contributed by atoms with van der Waals surface area (Å²) in [5.74, 6) is 1.70. The fourth-order valence-corrected chi connectivity index (χ4v) is 5.09. The van der Waals surface area contributed by atoms with E-state index in [1.54, 1.807) is 5.56 Å². The molecule has 3 heterocycles. The molecule has 0 amide bonds. The molecule has 0 radical (unpaired) electrons. The molecule has 1 atom stereocenters. The lowest BCUT2D eigenvalue weighted by molar-refractivity contribution is 0.0871. The minimum atomic E-state index is 0.285. The number of nitrogens with zero attached hydrogens (tertiary/aromatic N) is 1. The number of hydrogen-bond donors (Lipinski definition) is 1. The lowest BCUT2D eigenvalue weighted by atomic mass is 9.74. The lowest BCUT2D eigenvalue weighted by Gasteiger charge is -2.45. The molecule has 1 aliphatic carbocycles. The second-order valence-corrected chi connectivity index (χ2v) is 7.56. The van der Waals surface area contributed by atoms with Crippen LogP contribution < -0.4 is 5.73 Å². The van der Waals surface area contributed by atoms with Crippen molar-refractivity contribution in [1.82, 2.24) is 4.90 Å². The predicted molar refractivity (Wildman–Crippen MR) is 87.5 cm³/mol. The number of hydrogen-bond acceptors (Lipinski definition) is 2. The topological polar surface area (TPSA) is 29.3 Å². The third-order valence-corrected chi connectivity index (χ3v) is 6.56. The molecule has 2 N–H and O–H groups in total. The summed E-state index contributed by atoms with van der Waals surface area (Å²) >= 11 is 0. The number of nitrogens with two attached hydrogens (primary N) is 1. The molecule has 3 saturated heterocycles. The summed E-state index contributed by atoms with van der Waals surface area (Å²) in [6.45, 7) is 4.75. The highest BCUT2D eigenvalue weighted by Crippen LogP contribution is 2.42. The molecule has 1 unspecified atom stereocenters. The summed E-state index contributed by atoms with van der Waals surface area (Å²) in [5.41, 5.74) is 9.47. The van der Waals surface area contributed by atoms with Crippen molar-refractivity contribution < 1.29 is 0 Å². The molecule has 1 aromatic rings. The molecule has 4 aliphatic rings. The first kappa shape index (κ1) is 13.8. The van der Waals surface area contributed by atoms with Crippen LogP contribution in [0.1, 0.15) is 55.6 Å². The Morgan fingerprint density at radius 2 is 1.71 bits per heavy atom. The Morgan fingerprint density at radius 1 is 1.05 bits per heavy atom. The number of benzene rings is 1. The fourth-order valence-electron chi connectivity index (χ4n) is 5.09. The van der Waals surface area contributed by atoms with Crippen LogP contribution in [0.4, 0.5) is 0 Å².